The summed E-state index contributed by atoms with van der Waals surface area (Å²) in [5, 5.41) is 0. The molecule has 0 radical (unpaired) electrons. The summed E-state index contributed by atoms with van der Waals surface area (Å²) in [6.45, 7) is 2.55. The Morgan fingerprint density at radius 1 is 1.06 bits per heavy atom. The van der Waals surface area contributed by atoms with Crippen molar-refractivity contribution in [3.63, 3.8) is 0 Å². The quantitative estimate of drug-likeness (QED) is 0.795. The molecule has 16 heavy (non-hydrogen) atoms. The summed E-state index contributed by atoms with van der Waals surface area (Å²) in [7, 11) is 0. The fourth-order valence-electron chi connectivity index (χ4n) is 1.78. The number of hydrogen-bond acceptors (Lipinski definition) is 2. The maximum absolute atomic E-state index is 5.09. The smallest absolute Gasteiger partial charge is 0.0930 e. The monoisotopic (exact) mass is 213 g/mol. The summed E-state index contributed by atoms with van der Waals surface area (Å²) in [6.07, 6.45) is 0. The lowest BCUT2D eigenvalue weighted by atomic mass is 9.98. The molecule has 0 spiro atoms. The first-order valence-electron chi connectivity index (χ1n) is 5.28. The first-order chi connectivity index (χ1) is 7.81. The van der Waals surface area contributed by atoms with Crippen LogP contribution < -0.4 is 5.90 Å². The molecule has 2 N–H and O–H groups in total. The van der Waals surface area contributed by atoms with Crippen molar-refractivity contribution in [1.82, 2.24) is 0 Å². The van der Waals surface area contributed by atoms with Gasteiger partial charge in [-0.2, -0.15) is 0 Å². The van der Waals surface area contributed by atoms with Crippen LogP contribution in [-0.4, -0.2) is 0 Å². The molecule has 0 heterocycles. The second kappa shape index (κ2) is 4.92. The van der Waals surface area contributed by atoms with Gasteiger partial charge in [0.15, 0.2) is 0 Å². The van der Waals surface area contributed by atoms with E-state index in [4.69, 9.17) is 5.90 Å². The Balaban J connectivity index is 2.43. The van der Waals surface area contributed by atoms with Crippen LogP contribution in [0.15, 0.2) is 48.5 Å². The highest BCUT2D eigenvalue weighted by Crippen LogP contribution is 2.24. The highest BCUT2D eigenvalue weighted by molar-refractivity contribution is 5.67. The molecule has 0 unspecified atom stereocenters. The lowest BCUT2D eigenvalue weighted by molar-refractivity contribution is 0.124. The van der Waals surface area contributed by atoms with Gasteiger partial charge in [0.1, 0.15) is 0 Å². The molecule has 0 aliphatic carbocycles. The van der Waals surface area contributed by atoms with Gasteiger partial charge in [0.05, 0.1) is 6.61 Å². The standard InChI is InChI=1S/C14H15NO/c1-11-7-8-12(10-16-15)9-14(11)13-5-3-2-4-6-13/h2-9H,10,15H2,1H3. The number of benzene rings is 2. The zero-order chi connectivity index (χ0) is 11.4. The first kappa shape index (κ1) is 10.9. The normalized spacial score (nSPS) is 10.4. The van der Waals surface area contributed by atoms with Gasteiger partial charge in [-0.1, -0.05) is 42.5 Å². The lowest BCUT2D eigenvalue weighted by Crippen LogP contribution is -1.99. The van der Waals surface area contributed by atoms with Crippen LogP contribution in [-0.2, 0) is 11.4 Å². The van der Waals surface area contributed by atoms with E-state index in [9.17, 15) is 0 Å². The van der Waals surface area contributed by atoms with Gasteiger partial charge in [0, 0.05) is 0 Å². The molecule has 2 rings (SSSR count). The molecule has 0 aromatic heterocycles. The van der Waals surface area contributed by atoms with Crippen LogP contribution in [0.1, 0.15) is 11.1 Å². The van der Waals surface area contributed by atoms with Crippen molar-refractivity contribution in [3.8, 4) is 11.1 Å². The summed E-state index contributed by atoms with van der Waals surface area (Å²) in [6, 6.07) is 16.6. The predicted octanol–water partition coefficient (Wildman–Crippen LogP) is 3.05. The second-order valence-corrected chi connectivity index (χ2v) is 3.83. The number of aryl methyl sites for hydroxylation is 1. The van der Waals surface area contributed by atoms with Crippen LogP contribution in [0, 0.1) is 6.92 Å². The van der Waals surface area contributed by atoms with Gasteiger partial charge in [0.25, 0.3) is 0 Å². The van der Waals surface area contributed by atoms with Gasteiger partial charge in [-0.3, -0.25) is 4.84 Å². The second-order valence-electron chi connectivity index (χ2n) is 3.83. The van der Waals surface area contributed by atoms with E-state index in [1.807, 2.05) is 24.3 Å². The van der Waals surface area contributed by atoms with Crippen LogP contribution >= 0.6 is 0 Å². The SMILES string of the molecule is Cc1ccc(CON)cc1-c1ccccc1. The average Bonchev–Trinajstić information content (AvgIpc) is 2.33. The summed E-state index contributed by atoms with van der Waals surface area (Å²) in [5.74, 6) is 5.09. The molecule has 82 valence electrons. The number of rotatable bonds is 3. The average molecular weight is 213 g/mol. The Hall–Kier alpha value is -1.64. The fourth-order valence-corrected chi connectivity index (χ4v) is 1.78. The molecule has 2 nitrogen and oxygen atoms in total. The lowest BCUT2D eigenvalue weighted by Gasteiger charge is -2.08. The minimum atomic E-state index is 0.445. The van der Waals surface area contributed by atoms with Crippen LogP contribution in [0.5, 0.6) is 0 Å². The van der Waals surface area contributed by atoms with E-state index in [0.29, 0.717) is 6.61 Å². The van der Waals surface area contributed by atoms with E-state index < -0.39 is 0 Å². The van der Waals surface area contributed by atoms with Crippen LogP contribution in [0.25, 0.3) is 11.1 Å². The molecule has 0 atom stereocenters. The van der Waals surface area contributed by atoms with Crippen molar-refractivity contribution >= 4 is 0 Å². The number of hydrogen-bond donors (Lipinski definition) is 1. The molecule has 0 amide bonds. The third-order valence-electron chi connectivity index (χ3n) is 2.64. The fraction of sp³-hybridized carbons (Fsp3) is 0.143. The maximum atomic E-state index is 5.09. The zero-order valence-electron chi connectivity index (χ0n) is 9.31. The van der Waals surface area contributed by atoms with Crippen LogP contribution in [0.3, 0.4) is 0 Å². The zero-order valence-corrected chi connectivity index (χ0v) is 9.31. The van der Waals surface area contributed by atoms with Crippen molar-refractivity contribution in [2.24, 2.45) is 5.90 Å². The number of nitrogens with two attached hydrogens (primary N) is 1. The van der Waals surface area contributed by atoms with Gasteiger partial charge in [-0.05, 0) is 35.2 Å². The van der Waals surface area contributed by atoms with Crippen molar-refractivity contribution in [2.75, 3.05) is 0 Å². The summed E-state index contributed by atoms with van der Waals surface area (Å²) in [4.78, 5) is 4.66. The summed E-state index contributed by atoms with van der Waals surface area (Å²) < 4.78 is 0. The Kier molecular flexibility index (Phi) is 3.34. The van der Waals surface area contributed by atoms with Gasteiger partial charge in [-0.15, -0.1) is 0 Å². The molecule has 2 heteroatoms. The van der Waals surface area contributed by atoms with Gasteiger partial charge < -0.3 is 0 Å². The van der Waals surface area contributed by atoms with E-state index in [-0.39, 0.29) is 0 Å². The molecule has 0 aliphatic heterocycles. The highest BCUT2D eigenvalue weighted by atomic mass is 16.6. The Morgan fingerprint density at radius 2 is 1.81 bits per heavy atom. The predicted molar refractivity (Wildman–Crippen MR) is 65.6 cm³/mol. The highest BCUT2D eigenvalue weighted by Gasteiger charge is 2.02. The molecule has 2 aromatic rings. The molecule has 0 fully saturated rings. The van der Waals surface area contributed by atoms with Crippen molar-refractivity contribution < 1.29 is 4.84 Å². The topological polar surface area (TPSA) is 35.2 Å². The Morgan fingerprint density at radius 3 is 2.50 bits per heavy atom. The first-order valence-corrected chi connectivity index (χ1v) is 5.28. The molecular formula is C14H15NO. The van der Waals surface area contributed by atoms with Crippen molar-refractivity contribution in [1.29, 1.82) is 0 Å². The molecule has 0 aliphatic rings. The molecular weight excluding hydrogens is 198 g/mol. The van der Waals surface area contributed by atoms with Gasteiger partial charge in [-0.25, -0.2) is 5.90 Å². The molecule has 0 bridgehead atoms. The van der Waals surface area contributed by atoms with E-state index in [2.05, 4.69) is 36.0 Å². The van der Waals surface area contributed by atoms with E-state index in [1.165, 1.54) is 16.7 Å². The Bertz CT molecular complexity index is 465. The third kappa shape index (κ3) is 2.30. The maximum Gasteiger partial charge on any atom is 0.0930 e. The molecule has 0 saturated heterocycles. The van der Waals surface area contributed by atoms with E-state index in [1.54, 1.807) is 0 Å². The van der Waals surface area contributed by atoms with Crippen LogP contribution in [0.2, 0.25) is 0 Å². The summed E-state index contributed by atoms with van der Waals surface area (Å²) in [5.41, 5.74) is 4.80. The largest absolute Gasteiger partial charge is 0.300 e. The van der Waals surface area contributed by atoms with Gasteiger partial charge >= 0.3 is 0 Å². The Labute approximate surface area is 95.6 Å². The van der Waals surface area contributed by atoms with Crippen molar-refractivity contribution in [2.45, 2.75) is 13.5 Å². The molecule has 0 saturated carbocycles. The third-order valence-corrected chi connectivity index (χ3v) is 2.64. The van der Waals surface area contributed by atoms with Crippen LogP contribution in [0.4, 0.5) is 0 Å². The summed E-state index contributed by atoms with van der Waals surface area (Å²) >= 11 is 0. The van der Waals surface area contributed by atoms with E-state index >= 15 is 0 Å². The minimum absolute atomic E-state index is 0.445. The van der Waals surface area contributed by atoms with Crippen molar-refractivity contribution in [3.05, 3.63) is 59.7 Å². The van der Waals surface area contributed by atoms with E-state index in [0.717, 1.165) is 5.56 Å². The minimum Gasteiger partial charge on any atom is -0.300 e. The molecule has 2 aromatic carbocycles. The van der Waals surface area contributed by atoms with Gasteiger partial charge in [0.2, 0.25) is 0 Å².